The summed E-state index contributed by atoms with van der Waals surface area (Å²) in [5.74, 6) is -2.61. The lowest BCUT2D eigenvalue weighted by Gasteiger charge is -2.15. The second-order valence-electron chi connectivity index (χ2n) is 9.26. The fourth-order valence-corrected chi connectivity index (χ4v) is 5.56. The van der Waals surface area contributed by atoms with Crippen molar-refractivity contribution in [1.82, 2.24) is 9.47 Å². The Hall–Kier alpha value is -4.89. The summed E-state index contributed by atoms with van der Waals surface area (Å²) in [7, 11) is 0. The number of thioether (sulfide) groups is 1. The van der Waals surface area contributed by atoms with Crippen molar-refractivity contribution in [3.63, 3.8) is 0 Å². The van der Waals surface area contributed by atoms with Crippen LogP contribution in [0.25, 0.3) is 11.8 Å². The Morgan fingerprint density at radius 2 is 1.48 bits per heavy atom. The van der Waals surface area contributed by atoms with E-state index in [2.05, 4.69) is 0 Å². The van der Waals surface area contributed by atoms with Crippen LogP contribution < -0.4 is 0 Å². The van der Waals surface area contributed by atoms with E-state index in [1.807, 2.05) is 80.6 Å². The lowest BCUT2D eigenvalue weighted by molar-refractivity contribution is -0.122. The van der Waals surface area contributed by atoms with Gasteiger partial charge in [-0.3, -0.25) is 9.69 Å². The Kier molecular flexibility index (Phi) is 7.39. The minimum atomic E-state index is -1.22. The van der Waals surface area contributed by atoms with Crippen molar-refractivity contribution in [2.45, 2.75) is 20.4 Å². The number of carbonyl (C=O) groups excluding carboxylic acids is 1. The number of hydrogen-bond donors (Lipinski definition) is 2. The van der Waals surface area contributed by atoms with Gasteiger partial charge in [-0.2, -0.15) is 0 Å². The average Bonchev–Trinajstić information content (AvgIpc) is 3.38. The largest absolute Gasteiger partial charge is 0.478 e. The number of aromatic nitrogens is 1. The van der Waals surface area contributed by atoms with Crippen molar-refractivity contribution in [2.75, 3.05) is 0 Å². The summed E-state index contributed by atoms with van der Waals surface area (Å²) in [5.41, 5.74) is 4.14. The van der Waals surface area contributed by atoms with E-state index in [1.165, 1.54) is 23.9 Å². The highest BCUT2D eigenvalue weighted by atomic mass is 32.2. The number of amidine groups is 1. The zero-order valence-electron chi connectivity index (χ0n) is 21.7. The van der Waals surface area contributed by atoms with Gasteiger partial charge >= 0.3 is 11.9 Å². The molecule has 0 saturated carbocycles. The van der Waals surface area contributed by atoms with Gasteiger partial charge in [-0.25, -0.2) is 14.6 Å². The lowest BCUT2D eigenvalue weighted by atomic mass is 10.1. The maximum Gasteiger partial charge on any atom is 0.335 e. The number of aromatic carboxylic acids is 2. The summed E-state index contributed by atoms with van der Waals surface area (Å²) < 4.78 is 1.79. The Bertz CT molecular complexity index is 1660. The molecule has 1 aromatic heterocycles. The van der Waals surface area contributed by atoms with Gasteiger partial charge in [0.2, 0.25) is 0 Å². The maximum atomic E-state index is 13.6. The first-order valence-corrected chi connectivity index (χ1v) is 13.2. The van der Waals surface area contributed by atoms with Gasteiger partial charge in [0.15, 0.2) is 5.17 Å². The van der Waals surface area contributed by atoms with Gasteiger partial charge in [-0.05, 0) is 79.2 Å². The van der Waals surface area contributed by atoms with E-state index in [9.17, 15) is 24.6 Å². The maximum absolute atomic E-state index is 13.6. The highest BCUT2D eigenvalue weighted by Gasteiger charge is 2.34. The molecule has 0 atom stereocenters. The molecule has 5 rings (SSSR count). The van der Waals surface area contributed by atoms with Crippen molar-refractivity contribution < 1.29 is 24.6 Å². The molecule has 0 radical (unpaired) electrons. The minimum absolute atomic E-state index is 0.123. The molecule has 4 aromatic rings. The summed E-state index contributed by atoms with van der Waals surface area (Å²) >= 11 is 1.29. The van der Waals surface area contributed by atoms with E-state index in [1.54, 1.807) is 15.5 Å². The molecule has 0 aliphatic carbocycles. The molecule has 8 nitrogen and oxygen atoms in total. The van der Waals surface area contributed by atoms with Crippen LogP contribution in [0.5, 0.6) is 0 Å². The van der Waals surface area contributed by atoms with Crippen LogP contribution in [0, 0.1) is 13.8 Å². The summed E-state index contributed by atoms with van der Waals surface area (Å²) in [4.78, 5) is 43.9. The molecule has 1 fully saturated rings. The third-order valence-electron chi connectivity index (χ3n) is 6.48. The standard InChI is InChI=1S/C31H25N3O5S/c1-19-13-22(20(2)34(19)26-15-23(29(36)37)14-24(16-26)30(38)39)17-27-28(35)33(18-21-9-5-3-6-10-21)31(40-27)32-25-11-7-4-8-12-25/h3-17H,18H2,1-2H3,(H,36,37)(H,38,39)/b27-17-,32-31?. The number of aryl methyl sites for hydroxylation is 1. The number of amides is 1. The zero-order valence-corrected chi connectivity index (χ0v) is 22.6. The van der Waals surface area contributed by atoms with Crippen LogP contribution in [-0.2, 0) is 11.3 Å². The van der Waals surface area contributed by atoms with Crippen LogP contribution in [0.2, 0.25) is 0 Å². The van der Waals surface area contributed by atoms with Crippen LogP contribution in [0.15, 0.2) is 94.8 Å². The van der Waals surface area contributed by atoms with Crippen molar-refractivity contribution in [3.8, 4) is 5.69 Å². The number of hydrogen-bond acceptors (Lipinski definition) is 5. The Labute approximate surface area is 234 Å². The van der Waals surface area contributed by atoms with Crippen molar-refractivity contribution in [3.05, 3.63) is 123 Å². The number of aliphatic imine (C=N–C) groups is 1. The summed E-state index contributed by atoms with van der Waals surface area (Å²) in [6, 6.07) is 25.1. The molecule has 200 valence electrons. The third kappa shape index (κ3) is 5.45. The van der Waals surface area contributed by atoms with Gasteiger partial charge in [0.05, 0.1) is 28.3 Å². The number of nitrogens with zero attached hydrogens (tertiary/aromatic N) is 3. The zero-order chi connectivity index (χ0) is 28.4. The van der Waals surface area contributed by atoms with E-state index < -0.39 is 11.9 Å². The number of benzene rings is 3. The van der Waals surface area contributed by atoms with Gasteiger partial charge in [0.1, 0.15) is 0 Å². The third-order valence-corrected chi connectivity index (χ3v) is 7.49. The quantitative estimate of drug-likeness (QED) is 0.261. The SMILES string of the molecule is Cc1cc(/C=C2\SC(=Nc3ccccc3)N(Cc3ccccc3)C2=O)c(C)n1-c1cc(C(=O)O)cc(C(=O)O)c1. The fourth-order valence-electron chi connectivity index (χ4n) is 4.57. The first-order chi connectivity index (χ1) is 19.2. The average molecular weight is 552 g/mol. The fraction of sp³-hybridized carbons (Fsp3) is 0.0968. The Morgan fingerprint density at radius 3 is 2.08 bits per heavy atom. The van der Waals surface area contributed by atoms with Gasteiger partial charge in [0.25, 0.3) is 5.91 Å². The molecular weight excluding hydrogens is 526 g/mol. The van der Waals surface area contributed by atoms with E-state index in [4.69, 9.17) is 4.99 Å². The number of carbonyl (C=O) groups is 3. The van der Waals surface area contributed by atoms with Crippen LogP contribution in [0.3, 0.4) is 0 Å². The molecule has 40 heavy (non-hydrogen) atoms. The second-order valence-corrected chi connectivity index (χ2v) is 10.3. The topological polar surface area (TPSA) is 112 Å². The summed E-state index contributed by atoms with van der Waals surface area (Å²) in [5, 5.41) is 19.6. The molecule has 9 heteroatoms. The summed E-state index contributed by atoms with van der Waals surface area (Å²) in [6.07, 6.45) is 1.80. The van der Waals surface area contributed by atoms with Crippen LogP contribution in [0.4, 0.5) is 5.69 Å². The normalized spacial score (nSPS) is 15.2. The number of rotatable bonds is 7. The number of carboxylic acid groups (broad SMARTS) is 2. The molecule has 1 amide bonds. The summed E-state index contributed by atoms with van der Waals surface area (Å²) in [6.45, 7) is 4.06. The van der Waals surface area contributed by atoms with Crippen molar-refractivity contribution in [2.24, 2.45) is 4.99 Å². The Balaban J connectivity index is 1.55. The predicted octanol–water partition coefficient (Wildman–Crippen LogP) is 6.29. The van der Waals surface area contributed by atoms with E-state index in [0.717, 1.165) is 34.3 Å². The molecule has 2 N–H and O–H groups in total. The molecule has 0 bridgehead atoms. The highest BCUT2D eigenvalue weighted by Crippen LogP contribution is 2.36. The van der Waals surface area contributed by atoms with Gasteiger partial charge in [0, 0.05) is 17.1 Å². The van der Waals surface area contributed by atoms with Gasteiger partial charge in [-0.15, -0.1) is 0 Å². The number of para-hydroxylation sites is 1. The van der Waals surface area contributed by atoms with E-state index >= 15 is 0 Å². The monoisotopic (exact) mass is 551 g/mol. The van der Waals surface area contributed by atoms with Crippen LogP contribution >= 0.6 is 11.8 Å². The molecule has 0 unspecified atom stereocenters. The van der Waals surface area contributed by atoms with Crippen molar-refractivity contribution in [1.29, 1.82) is 0 Å². The number of carboxylic acids is 2. The predicted molar refractivity (Wildman–Crippen MR) is 155 cm³/mol. The van der Waals surface area contributed by atoms with E-state index in [-0.39, 0.29) is 17.0 Å². The van der Waals surface area contributed by atoms with Gasteiger partial charge < -0.3 is 14.8 Å². The molecule has 0 spiro atoms. The second kappa shape index (κ2) is 11.1. The first-order valence-electron chi connectivity index (χ1n) is 12.4. The first kappa shape index (κ1) is 26.7. The molecule has 1 aliphatic rings. The molecule has 1 aliphatic heterocycles. The minimum Gasteiger partial charge on any atom is -0.478 e. The van der Waals surface area contributed by atoms with Crippen LogP contribution in [0.1, 0.15) is 43.2 Å². The highest BCUT2D eigenvalue weighted by molar-refractivity contribution is 8.18. The lowest BCUT2D eigenvalue weighted by Crippen LogP contribution is -2.28. The molecular formula is C31H25N3O5S. The van der Waals surface area contributed by atoms with E-state index in [0.29, 0.717) is 22.3 Å². The molecule has 1 saturated heterocycles. The molecule has 3 aromatic carbocycles. The van der Waals surface area contributed by atoms with Crippen LogP contribution in [-0.4, -0.2) is 42.7 Å². The Morgan fingerprint density at radius 1 is 0.875 bits per heavy atom. The molecule has 2 heterocycles. The van der Waals surface area contributed by atoms with Crippen molar-refractivity contribution >= 4 is 46.5 Å². The van der Waals surface area contributed by atoms with Gasteiger partial charge in [-0.1, -0.05) is 48.5 Å². The smallest absolute Gasteiger partial charge is 0.335 e.